The van der Waals surface area contributed by atoms with Crippen molar-refractivity contribution in [3.8, 4) is 0 Å². The first kappa shape index (κ1) is 20.4. The van der Waals surface area contributed by atoms with Crippen LogP contribution in [0.2, 0.25) is 0 Å². The zero-order valence-corrected chi connectivity index (χ0v) is 18.6. The van der Waals surface area contributed by atoms with Crippen molar-refractivity contribution in [2.45, 2.75) is 39.0 Å². The van der Waals surface area contributed by atoms with Gasteiger partial charge < -0.3 is 15.6 Å². The van der Waals surface area contributed by atoms with E-state index in [4.69, 9.17) is 4.98 Å². The highest BCUT2D eigenvalue weighted by molar-refractivity contribution is 5.83. The molecule has 4 aromatic rings. The van der Waals surface area contributed by atoms with Crippen molar-refractivity contribution in [2.75, 3.05) is 17.2 Å². The van der Waals surface area contributed by atoms with Gasteiger partial charge in [-0.25, -0.2) is 0 Å². The molecular formula is C28H30N4. The van der Waals surface area contributed by atoms with Gasteiger partial charge in [0.05, 0.1) is 5.35 Å². The minimum Gasteiger partial charge on any atom is -0.385 e. The fourth-order valence-corrected chi connectivity index (χ4v) is 4.44. The third-order valence-corrected chi connectivity index (χ3v) is 6.06. The van der Waals surface area contributed by atoms with Crippen LogP contribution < -0.4 is 21.2 Å². The van der Waals surface area contributed by atoms with Gasteiger partial charge in [-0.1, -0.05) is 43.7 Å². The van der Waals surface area contributed by atoms with E-state index < -0.39 is 0 Å². The Kier molecular flexibility index (Phi) is 5.93. The van der Waals surface area contributed by atoms with Gasteiger partial charge in [-0.05, 0) is 67.6 Å². The standard InChI is InChI=1S/C28H30N4/c1-2-7-23-18-28(25-9-4-6-11-27(25)32-23)31-22-14-12-21(13-15-22)29-17-16-20-19-30-26-10-5-3-8-24(20)26/h3,5,8-15,18-19,29-31H,2,4,6-7,16-17H2,1H3. The molecule has 0 unspecified atom stereocenters. The Morgan fingerprint density at radius 1 is 0.938 bits per heavy atom. The number of nitrogens with one attached hydrogen (secondary N) is 3. The molecule has 0 amide bonds. The second kappa shape index (κ2) is 9.31. The molecule has 0 saturated carbocycles. The summed E-state index contributed by atoms with van der Waals surface area (Å²) in [5.74, 6) is 0. The van der Waals surface area contributed by atoms with Crippen LogP contribution in [-0.4, -0.2) is 16.5 Å². The predicted octanol–water partition coefficient (Wildman–Crippen LogP) is 5.27. The van der Waals surface area contributed by atoms with Crippen LogP contribution in [0.3, 0.4) is 0 Å². The number of H-pyrrole nitrogens is 1. The number of hydrogen-bond donors (Lipinski definition) is 3. The van der Waals surface area contributed by atoms with Gasteiger partial charge in [0.2, 0.25) is 0 Å². The predicted molar refractivity (Wildman–Crippen MR) is 136 cm³/mol. The van der Waals surface area contributed by atoms with Crippen LogP contribution in [0.4, 0.5) is 17.1 Å². The first-order chi connectivity index (χ1) is 15.8. The first-order valence-electron chi connectivity index (χ1n) is 11.7. The molecule has 5 rings (SSSR count). The smallest absolute Gasteiger partial charge is 0.0683 e. The zero-order valence-electron chi connectivity index (χ0n) is 18.6. The molecular weight excluding hydrogens is 392 g/mol. The normalized spacial score (nSPS) is 12.7. The van der Waals surface area contributed by atoms with Crippen molar-refractivity contribution in [3.05, 3.63) is 82.6 Å². The summed E-state index contributed by atoms with van der Waals surface area (Å²) in [5.41, 5.74) is 7.11. The number of anilines is 3. The molecule has 0 aliphatic heterocycles. The first-order valence-corrected chi connectivity index (χ1v) is 11.7. The highest BCUT2D eigenvalue weighted by Crippen LogP contribution is 2.20. The Morgan fingerprint density at radius 2 is 1.75 bits per heavy atom. The molecule has 2 aromatic heterocycles. The van der Waals surface area contributed by atoms with Crippen molar-refractivity contribution in [1.82, 2.24) is 9.97 Å². The second-order valence-corrected chi connectivity index (χ2v) is 8.43. The number of benzene rings is 2. The second-order valence-electron chi connectivity index (χ2n) is 8.43. The van der Waals surface area contributed by atoms with Crippen molar-refractivity contribution in [3.63, 3.8) is 0 Å². The minimum atomic E-state index is 0.900. The van der Waals surface area contributed by atoms with Crippen LogP contribution in [0.5, 0.6) is 0 Å². The fourth-order valence-electron chi connectivity index (χ4n) is 4.44. The summed E-state index contributed by atoms with van der Waals surface area (Å²) in [5, 5.41) is 10.9. The molecule has 4 heteroatoms. The number of fused-ring (bicyclic) bond motifs is 2. The molecule has 0 atom stereocenters. The number of aromatic nitrogens is 2. The molecule has 0 radical (unpaired) electrons. The van der Waals surface area contributed by atoms with Gasteiger partial charge in [-0.2, -0.15) is 0 Å². The van der Waals surface area contributed by atoms with E-state index in [1.807, 2.05) is 0 Å². The third-order valence-electron chi connectivity index (χ3n) is 6.06. The average Bonchev–Trinajstić information content (AvgIpc) is 3.24. The third kappa shape index (κ3) is 4.40. The Balaban J connectivity index is 1.26. The molecule has 162 valence electrons. The number of rotatable bonds is 8. The molecule has 1 aliphatic rings. The molecule has 3 N–H and O–H groups in total. The summed E-state index contributed by atoms with van der Waals surface area (Å²) in [6.45, 7) is 3.10. The van der Waals surface area contributed by atoms with Gasteiger partial charge in [-0.15, -0.1) is 0 Å². The molecule has 4 nitrogen and oxygen atoms in total. The largest absolute Gasteiger partial charge is 0.385 e. The number of aromatic amines is 1. The maximum atomic E-state index is 4.85. The molecule has 0 saturated heterocycles. The quantitative estimate of drug-likeness (QED) is 0.363. The highest BCUT2D eigenvalue weighted by atomic mass is 14.9. The molecule has 2 heterocycles. The lowest BCUT2D eigenvalue weighted by Crippen LogP contribution is -2.33. The molecule has 2 aromatic carbocycles. The highest BCUT2D eigenvalue weighted by Gasteiger charge is 2.06. The average molecular weight is 423 g/mol. The summed E-state index contributed by atoms with van der Waals surface area (Å²) in [6, 6.07) is 19.3. The number of pyridine rings is 1. The maximum Gasteiger partial charge on any atom is 0.0683 e. The van der Waals surface area contributed by atoms with E-state index >= 15 is 0 Å². The molecule has 32 heavy (non-hydrogen) atoms. The van der Waals surface area contributed by atoms with E-state index in [-0.39, 0.29) is 0 Å². The summed E-state index contributed by atoms with van der Waals surface area (Å²) in [6.07, 6.45) is 11.9. The maximum absolute atomic E-state index is 4.85. The van der Waals surface area contributed by atoms with Gasteiger partial charge >= 0.3 is 0 Å². The summed E-state index contributed by atoms with van der Waals surface area (Å²) in [7, 11) is 0. The molecule has 1 aliphatic carbocycles. The number of nitrogens with zero attached hydrogens (tertiary/aromatic N) is 1. The van der Waals surface area contributed by atoms with E-state index in [9.17, 15) is 0 Å². The van der Waals surface area contributed by atoms with Crippen molar-refractivity contribution < 1.29 is 0 Å². The van der Waals surface area contributed by atoms with Crippen molar-refractivity contribution in [2.24, 2.45) is 0 Å². The van der Waals surface area contributed by atoms with Gasteiger partial charge in [0.25, 0.3) is 0 Å². The Hall–Kier alpha value is -3.53. The van der Waals surface area contributed by atoms with Crippen LogP contribution in [-0.2, 0) is 12.8 Å². The topological polar surface area (TPSA) is 52.7 Å². The van der Waals surface area contributed by atoms with Gasteiger partial charge in [0, 0.05) is 51.6 Å². The monoisotopic (exact) mass is 422 g/mol. The summed E-state index contributed by atoms with van der Waals surface area (Å²) < 4.78 is 0. The van der Waals surface area contributed by atoms with Crippen molar-refractivity contribution >= 4 is 40.1 Å². The minimum absolute atomic E-state index is 0.900. The van der Waals surface area contributed by atoms with Crippen LogP contribution in [0.1, 0.15) is 37.4 Å². The van der Waals surface area contributed by atoms with Crippen LogP contribution >= 0.6 is 0 Å². The number of aryl methyl sites for hydroxylation is 1. The lowest BCUT2D eigenvalue weighted by atomic mass is 10.1. The van der Waals surface area contributed by atoms with E-state index in [2.05, 4.69) is 95.5 Å². The number of para-hydroxylation sites is 1. The fraction of sp³-hybridized carbons (Fsp3) is 0.250. The van der Waals surface area contributed by atoms with Crippen LogP contribution in [0, 0.1) is 0 Å². The number of hydrogen-bond acceptors (Lipinski definition) is 3. The van der Waals surface area contributed by atoms with Crippen LogP contribution in [0.15, 0.2) is 60.8 Å². The lowest BCUT2D eigenvalue weighted by Gasteiger charge is -2.13. The SMILES string of the molecule is CCCc1cc(Nc2ccc(NCCc3c[nH]c4ccccc34)cc2)c2c(n1)=CCCC=2. The van der Waals surface area contributed by atoms with E-state index in [0.717, 1.165) is 66.8 Å². The van der Waals surface area contributed by atoms with E-state index in [0.29, 0.717) is 0 Å². The van der Waals surface area contributed by atoms with Gasteiger partial charge in [0.15, 0.2) is 0 Å². The van der Waals surface area contributed by atoms with E-state index in [1.54, 1.807) is 0 Å². The molecule has 0 bridgehead atoms. The summed E-state index contributed by atoms with van der Waals surface area (Å²) in [4.78, 5) is 8.21. The van der Waals surface area contributed by atoms with Gasteiger partial charge in [-0.3, -0.25) is 4.98 Å². The molecule has 0 fully saturated rings. The Labute approximate surface area is 189 Å². The Bertz CT molecular complexity index is 1330. The molecule has 0 spiro atoms. The summed E-state index contributed by atoms with van der Waals surface area (Å²) >= 11 is 0. The zero-order chi connectivity index (χ0) is 21.8. The van der Waals surface area contributed by atoms with E-state index in [1.165, 1.54) is 21.7 Å². The Morgan fingerprint density at radius 3 is 2.62 bits per heavy atom. The lowest BCUT2D eigenvalue weighted by molar-refractivity contribution is 0.871. The van der Waals surface area contributed by atoms with Crippen LogP contribution in [0.25, 0.3) is 23.1 Å². The van der Waals surface area contributed by atoms with Gasteiger partial charge in [0.1, 0.15) is 0 Å². The van der Waals surface area contributed by atoms with Crippen molar-refractivity contribution in [1.29, 1.82) is 0 Å².